The Bertz CT molecular complexity index is 902. The fourth-order valence-corrected chi connectivity index (χ4v) is 3.19. The quantitative estimate of drug-likeness (QED) is 0.233. The number of benzene rings is 2. The van der Waals surface area contributed by atoms with Crippen LogP contribution in [-0.2, 0) is 9.59 Å². The maximum absolute atomic E-state index is 12.0. The van der Waals surface area contributed by atoms with Gasteiger partial charge in [0.15, 0.2) is 11.5 Å². The number of hydrogen-bond acceptors (Lipinski definition) is 6. The zero-order valence-corrected chi connectivity index (χ0v) is 18.5. The van der Waals surface area contributed by atoms with Gasteiger partial charge in [-0.05, 0) is 59.3 Å². The van der Waals surface area contributed by atoms with Crippen molar-refractivity contribution in [2.45, 2.75) is 13.3 Å². The minimum Gasteiger partial charge on any atom is -0.495 e. The average molecular weight is 511 g/mol. The molecule has 29 heavy (non-hydrogen) atoms. The number of para-hydroxylation sites is 2. The molecular formula is C20H22IN3O5. The van der Waals surface area contributed by atoms with Crippen molar-refractivity contribution < 1.29 is 23.8 Å². The molecule has 9 heteroatoms. The highest BCUT2D eigenvalue weighted by atomic mass is 127. The van der Waals surface area contributed by atoms with Crippen LogP contribution in [0.2, 0.25) is 0 Å². The molecule has 2 N–H and O–H groups in total. The summed E-state index contributed by atoms with van der Waals surface area (Å²) in [7, 11) is 3.06. The van der Waals surface area contributed by atoms with E-state index in [-0.39, 0.29) is 6.42 Å². The number of nitrogens with zero attached hydrogens (tertiary/aromatic N) is 1. The summed E-state index contributed by atoms with van der Waals surface area (Å²) in [5.41, 5.74) is 3.55. The molecule has 0 aliphatic rings. The topological polar surface area (TPSA) is 98.2 Å². The summed E-state index contributed by atoms with van der Waals surface area (Å²) < 4.78 is 16.9. The van der Waals surface area contributed by atoms with Crippen molar-refractivity contribution in [2.75, 3.05) is 26.1 Å². The minimum atomic E-state index is -0.541. The fourth-order valence-electron chi connectivity index (χ4n) is 2.41. The Labute approximate surface area is 182 Å². The second-order valence-electron chi connectivity index (χ2n) is 5.69. The lowest BCUT2D eigenvalue weighted by atomic mass is 10.2. The SMILES string of the molecule is CCOc1c(I)cc(C=NNC(=O)CC(=O)Nc2ccccc2OC)cc1OC. The van der Waals surface area contributed by atoms with Crippen LogP contribution < -0.4 is 25.0 Å². The molecule has 8 nitrogen and oxygen atoms in total. The molecule has 0 bridgehead atoms. The monoisotopic (exact) mass is 511 g/mol. The molecule has 0 saturated carbocycles. The Morgan fingerprint density at radius 2 is 1.83 bits per heavy atom. The Balaban J connectivity index is 1.94. The minimum absolute atomic E-state index is 0.375. The highest BCUT2D eigenvalue weighted by Gasteiger charge is 2.12. The van der Waals surface area contributed by atoms with Gasteiger partial charge in [0, 0.05) is 0 Å². The van der Waals surface area contributed by atoms with Gasteiger partial charge in [-0.25, -0.2) is 5.43 Å². The number of rotatable bonds is 9. The van der Waals surface area contributed by atoms with E-state index in [1.807, 2.05) is 13.0 Å². The predicted octanol–water partition coefficient (Wildman–Crippen LogP) is 3.19. The number of methoxy groups -OCH3 is 2. The lowest BCUT2D eigenvalue weighted by Crippen LogP contribution is -2.24. The third-order valence-electron chi connectivity index (χ3n) is 3.65. The summed E-state index contributed by atoms with van der Waals surface area (Å²) in [6.45, 7) is 2.41. The van der Waals surface area contributed by atoms with Crippen molar-refractivity contribution in [1.29, 1.82) is 0 Å². The number of carbonyl (C=O) groups excluding carboxylic acids is 2. The third-order valence-corrected chi connectivity index (χ3v) is 4.45. The largest absolute Gasteiger partial charge is 0.495 e. The Morgan fingerprint density at radius 3 is 2.52 bits per heavy atom. The van der Waals surface area contributed by atoms with Gasteiger partial charge in [0.25, 0.3) is 0 Å². The number of hydrazone groups is 1. The number of hydrogen-bond donors (Lipinski definition) is 2. The fraction of sp³-hybridized carbons (Fsp3) is 0.250. The number of anilines is 1. The summed E-state index contributed by atoms with van der Waals surface area (Å²) in [6.07, 6.45) is 1.09. The van der Waals surface area contributed by atoms with Crippen molar-refractivity contribution in [1.82, 2.24) is 5.43 Å². The van der Waals surface area contributed by atoms with Crippen LogP contribution in [0.5, 0.6) is 17.2 Å². The second-order valence-corrected chi connectivity index (χ2v) is 6.85. The molecule has 2 rings (SSSR count). The van der Waals surface area contributed by atoms with E-state index in [0.29, 0.717) is 35.1 Å². The van der Waals surface area contributed by atoms with E-state index in [2.05, 4.69) is 38.4 Å². The maximum atomic E-state index is 12.0. The molecule has 154 valence electrons. The van der Waals surface area contributed by atoms with Crippen LogP contribution in [-0.4, -0.2) is 38.9 Å². The molecule has 0 aliphatic heterocycles. The predicted molar refractivity (Wildman–Crippen MR) is 119 cm³/mol. The summed E-state index contributed by atoms with van der Waals surface area (Å²) in [5, 5.41) is 6.53. The van der Waals surface area contributed by atoms with Crippen LogP contribution in [0.25, 0.3) is 0 Å². The molecule has 2 aromatic carbocycles. The Kier molecular flexibility index (Phi) is 8.71. The van der Waals surface area contributed by atoms with Crippen LogP contribution in [0.3, 0.4) is 0 Å². The number of amides is 2. The van der Waals surface area contributed by atoms with Crippen molar-refractivity contribution in [3.05, 3.63) is 45.5 Å². The van der Waals surface area contributed by atoms with Crippen molar-refractivity contribution in [3.63, 3.8) is 0 Å². The van der Waals surface area contributed by atoms with Crippen LogP contribution in [0.4, 0.5) is 5.69 Å². The van der Waals surface area contributed by atoms with Gasteiger partial charge in [-0.1, -0.05) is 12.1 Å². The van der Waals surface area contributed by atoms with Gasteiger partial charge < -0.3 is 19.5 Å². The summed E-state index contributed by atoms with van der Waals surface area (Å²) in [6, 6.07) is 10.5. The van der Waals surface area contributed by atoms with Gasteiger partial charge in [0.05, 0.1) is 36.3 Å². The first-order valence-corrected chi connectivity index (χ1v) is 9.81. The smallest absolute Gasteiger partial charge is 0.249 e. The molecule has 0 saturated heterocycles. The highest BCUT2D eigenvalue weighted by Crippen LogP contribution is 2.33. The molecule has 0 atom stereocenters. The van der Waals surface area contributed by atoms with E-state index < -0.39 is 11.8 Å². The first-order valence-electron chi connectivity index (χ1n) is 8.73. The molecule has 2 amide bonds. The first kappa shape index (κ1) is 22.5. The second kappa shape index (κ2) is 11.2. The van der Waals surface area contributed by atoms with E-state index in [4.69, 9.17) is 14.2 Å². The zero-order chi connectivity index (χ0) is 21.2. The van der Waals surface area contributed by atoms with Crippen molar-refractivity contribution >= 4 is 46.3 Å². The molecular weight excluding hydrogens is 489 g/mol. The number of ether oxygens (including phenoxy) is 3. The van der Waals surface area contributed by atoms with Crippen LogP contribution >= 0.6 is 22.6 Å². The lowest BCUT2D eigenvalue weighted by Gasteiger charge is -2.12. The third kappa shape index (κ3) is 6.63. The number of halogens is 1. The van der Waals surface area contributed by atoms with E-state index in [1.54, 1.807) is 37.4 Å². The van der Waals surface area contributed by atoms with Gasteiger partial charge >= 0.3 is 0 Å². The standard InChI is InChI=1S/C20H22IN3O5/c1-4-29-20-14(21)9-13(10-17(20)28-3)12-22-24-19(26)11-18(25)23-15-7-5-6-8-16(15)27-2/h5-10,12H,4,11H2,1-3H3,(H,23,25)(H,24,26). The molecule has 0 radical (unpaired) electrons. The summed E-state index contributed by atoms with van der Waals surface area (Å²) in [5.74, 6) is 0.728. The van der Waals surface area contributed by atoms with E-state index in [9.17, 15) is 9.59 Å². The van der Waals surface area contributed by atoms with Gasteiger partial charge in [0.2, 0.25) is 11.8 Å². The summed E-state index contributed by atoms with van der Waals surface area (Å²) >= 11 is 2.14. The van der Waals surface area contributed by atoms with Gasteiger partial charge in [-0.15, -0.1) is 0 Å². The molecule has 0 spiro atoms. The normalized spacial score (nSPS) is 10.5. The molecule has 0 fully saturated rings. The molecule has 0 heterocycles. The van der Waals surface area contributed by atoms with Crippen LogP contribution in [0.15, 0.2) is 41.5 Å². The maximum Gasteiger partial charge on any atom is 0.249 e. The van der Waals surface area contributed by atoms with Crippen LogP contribution in [0.1, 0.15) is 18.9 Å². The van der Waals surface area contributed by atoms with E-state index >= 15 is 0 Å². The zero-order valence-electron chi connectivity index (χ0n) is 16.3. The average Bonchev–Trinajstić information content (AvgIpc) is 2.70. The number of carbonyl (C=O) groups is 2. The van der Waals surface area contributed by atoms with Crippen molar-refractivity contribution in [2.24, 2.45) is 5.10 Å². The van der Waals surface area contributed by atoms with Crippen molar-refractivity contribution in [3.8, 4) is 17.2 Å². The van der Waals surface area contributed by atoms with E-state index in [0.717, 1.165) is 3.57 Å². The highest BCUT2D eigenvalue weighted by molar-refractivity contribution is 14.1. The van der Waals surface area contributed by atoms with Gasteiger partial charge in [-0.3, -0.25) is 9.59 Å². The first-order chi connectivity index (χ1) is 14.0. The van der Waals surface area contributed by atoms with Gasteiger partial charge in [0.1, 0.15) is 12.2 Å². The van der Waals surface area contributed by atoms with Crippen LogP contribution in [0, 0.1) is 3.57 Å². The number of nitrogens with one attached hydrogen (secondary N) is 2. The Morgan fingerprint density at radius 1 is 1.10 bits per heavy atom. The molecule has 0 unspecified atom stereocenters. The van der Waals surface area contributed by atoms with E-state index in [1.165, 1.54) is 13.3 Å². The lowest BCUT2D eigenvalue weighted by molar-refractivity contribution is -0.126. The molecule has 0 aliphatic carbocycles. The molecule has 2 aromatic rings. The molecule has 0 aromatic heterocycles. The Hall–Kier alpha value is -2.82. The summed E-state index contributed by atoms with van der Waals surface area (Å²) in [4.78, 5) is 24.0. The van der Waals surface area contributed by atoms with Gasteiger partial charge in [-0.2, -0.15) is 5.10 Å².